The lowest BCUT2D eigenvalue weighted by Gasteiger charge is -2.11. The van der Waals surface area contributed by atoms with Gasteiger partial charge >= 0.3 is 12.2 Å². The number of hydrogen-bond donors (Lipinski definition) is 3. The van der Waals surface area contributed by atoms with Crippen LogP contribution in [-0.2, 0) is 6.18 Å². The molecule has 7 nitrogen and oxygen atoms in total. The predicted molar refractivity (Wildman–Crippen MR) is 107 cm³/mol. The third kappa shape index (κ3) is 4.93. The lowest BCUT2D eigenvalue weighted by atomic mass is 10.2. The monoisotopic (exact) mass is 442 g/mol. The summed E-state index contributed by atoms with van der Waals surface area (Å²) in [5.74, 6) is 0.446. The molecule has 0 atom stereocenters. The van der Waals surface area contributed by atoms with Crippen LogP contribution in [0.3, 0.4) is 0 Å². The molecule has 3 N–H and O–H groups in total. The van der Waals surface area contributed by atoms with Crippen LogP contribution in [-0.4, -0.2) is 28.0 Å². The zero-order valence-electron chi connectivity index (χ0n) is 15.1. The summed E-state index contributed by atoms with van der Waals surface area (Å²) in [6, 6.07) is 4.00. The van der Waals surface area contributed by atoms with Crippen LogP contribution in [0.4, 0.5) is 34.7 Å². The van der Waals surface area contributed by atoms with E-state index in [-0.39, 0.29) is 5.69 Å². The quantitative estimate of drug-likeness (QED) is 0.512. The van der Waals surface area contributed by atoms with Gasteiger partial charge in [-0.1, -0.05) is 22.9 Å². The molecule has 0 spiro atoms. The number of carbonyl (C=O) groups is 1. The van der Waals surface area contributed by atoms with E-state index in [9.17, 15) is 18.0 Å². The van der Waals surface area contributed by atoms with Gasteiger partial charge in [0.2, 0.25) is 5.95 Å². The smallest absolute Gasteiger partial charge is 0.357 e. The lowest BCUT2D eigenvalue weighted by Crippen LogP contribution is -2.19. The average Bonchev–Trinajstić information content (AvgIpc) is 3.00. The molecule has 0 saturated heterocycles. The second kappa shape index (κ2) is 8.21. The maximum Gasteiger partial charge on any atom is 0.417 e. The van der Waals surface area contributed by atoms with Crippen molar-refractivity contribution in [2.75, 3.05) is 23.0 Å². The minimum Gasteiger partial charge on any atom is -0.357 e. The van der Waals surface area contributed by atoms with Gasteiger partial charge in [0, 0.05) is 18.9 Å². The number of nitrogens with zero attached hydrogens (tertiary/aromatic N) is 3. The molecule has 12 heteroatoms. The summed E-state index contributed by atoms with van der Waals surface area (Å²) in [5, 5.41) is 7.61. The van der Waals surface area contributed by atoms with Crippen molar-refractivity contribution in [3.63, 3.8) is 0 Å². The number of nitrogens with one attached hydrogen (secondary N) is 3. The standard InChI is InChI=1S/C17H14ClF3N6OS/c1-8-13(12-5-6-23-14(22-2)26-12)29-16(24-8)27-15(28)25-9-3-4-10(11(18)7-9)17(19,20)21/h3-7H,1-2H3,(H,22,23,26)(H2,24,25,27,28). The highest BCUT2D eigenvalue weighted by molar-refractivity contribution is 7.19. The maximum absolute atomic E-state index is 12.8. The van der Waals surface area contributed by atoms with Crippen LogP contribution in [0.5, 0.6) is 0 Å². The van der Waals surface area contributed by atoms with Crippen LogP contribution in [0.1, 0.15) is 11.3 Å². The number of aromatic nitrogens is 3. The van der Waals surface area contributed by atoms with Crippen molar-refractivity contribution < 1.29 is 18.0 Å². The molecule has 29 heavy (non-hydrogen) atoms. The fraction of sp³-hybridized carbons (Fsp3) is 0.176. The average molecular weight is 443 g/mol. The van der Waals surface area contributed by atoms with Gasteiger partial charge in [0.15, 0.2) is 5.13 Å². The molecule has 0 aliphatic rings. The summed E-state index contributed by atoms with van der Waals surface area (Å²) >= 11 is 6.86. The van der Waals surface area contributed by atoms with Gasteiger partial charge in [-0.15, -0.1) is 0 Å². The van der Waals surface area contributed by atoms with Gasteiger partial charge in [0.1, 0.15) is 0 Å². The number of hydrogen-bond acceptors (Lipinski definition) is 6. The molecule has 0 aliphatic heterocycles. The lowest BCUT2D eigenvalue weighted by molar-refractivity contribution is -0.137. The highest BCUT2D eigenvalue weighted by Gasteiger charge is 2.33. The first-order valence-electron chi connectivity index (χ1n) is 8.10. The fourth-order valence-electron chi connectivity index (χ4n) is 2.38. The zero-order valence-corrected chi connectivity index (χ0v) is 16.6. The first kappa shape index (κ1) is 20.8. The van der Waals surface area contributed by atoms with Crippen LogP contribution < -0.4 is 16.0 Å². The fourth-order valence-corrected chi connectivity index (χ4v) is 3.59. The van der Waals surface area contributed by atoms with E-state index >= 15 is 0 Å². The molecule has 0 saturated carbocycles. The Bertz CT molecular complexity index is 1060. The Hall–Kier alpha value is -2.92. The molecular weight excluding hydrogens is 429 g/mol. The number of anilines is 3. The van der Waals surface area contributed by atoms with E-state index in [1.165, 1.54) is 11.3 Å². The Morgan fingerprint density at radius 3 is 2.59 bits per heavy atom. The first-order chi connectivity index (χ1) is 13.7. The number of halogens is 4. The second-order valence-electron chi connectivity index (χ2n) is 5.72. The van der Waals surface area contributed by atoms with Crippen LogP contribution in [0.25, 0.3) is 10.6 Å². The van der Waals surface area contributed by atoms with Gasteiger partial charge in [-0.3, -0.25) is 5.32 Å². The molecule has 0 bridgehead atoms. The van der Waals surface area contributed by atoms with Crippen molar-refractivity contribution in [1.29, 1.82) is 0 Å². The molecule has 152 valence electrons. The van der Waals surface area contributed by atoms with Gasteiger partial charge < -0.3 is 10.6 Å². The highest BCUT2D eigenvalue weighted by atomic mass is 35.5. The van der Waals surface area contributed by atoms with E-state index in [0.717, 1.165) is 23.1 Å². The summed E-state index contributed by atoms with van der Waals surface area (Å²) < 4.78 is 38.3. The van der Waals surface area contributed by atoms with Crippen molar-refractivity contribution in [3.05, 3.63) is 46.7 Å². The molecule has 3 aromatic rings. The van der Waals surface area contributed by atoms with Crippen LogP contribution in [0, 0.1) is 6.92 Å². The molecule has 3 rings (SSSR count). The highest BCUT2D eigenvalue weighted by Crippen LogP contribution is 2.36. The Labute approximate surface area is 172 Å². The van der Waals surface area contributed by atoms with E-state index in [1.807, 2.05) is 0 Å². The molecule has 1 aromatic carbocycles. The number of carbonyl (C=O) groups excluding carboxylic acids is 1. The van der Waals surface area contributed by atoms with Crippen molar-refractivity contribution in [2.24, 2.45) is 0 Å². The molecule has 0 aliphatic carbocycles. The Morgan fingerprint density at radius 1 is 1.17 bits per heavy atom. The van der Waals surface area contributed by atoms with Gasteiger partial charge in [-0.2, -0.15) is 13.2 Å². The molecule has 0 radical (unpaired) electrons. The van der Waals surface area contributed by atoms with E-state index in [1.54, 1.807) is 26.2 Å². The number of benzene rings is 1. The number of amides is 2. The topological polar surface area (TPSA) is 91.8 Å². The molecule has 0 fully saturated rings. The summed E-state index contributed by atoms with van der Waals surface area (Å²) in [6.45, 7) is 1.77. The van der Waals surface area contributed by atoms with E-state index in [0.29, 0.717) is 22.5 Å². The molecular formula is C17H14ClF3N6OS. The Balaban J connectivity index is 1.72. The minimum absolute atomic E-state index is 0.114. The number of rotatable bonds is 4. The number of aryl methyl sites for hydroxylation is 1. The van der Waals surface area contributed by atoms with Gasteiger partial charge in [-0.05, 0) is 31.2 Å². The van der Waals surface area contributed by atoms with Crippen molar-refractivity contribution in [3.8, 4) is 10.6 Å². The number of alkyl halides is 3. The second-order valence-corrected chi connectivity index (χ2v) is 7.13. The SMILES string of the molecule is CNc1nccc(-c2sc(NC(=O)Nc3ccc(C(F)(F)F)c(Cl)c3)nc2C)n1. The number of thiazole rings is 1. The zero-order chi connectivity index (χ0) is 21.2. The van der Waals surface area contributed by atoms with Crippen molar-refractivity contribution in [2.45, 2.75) is 13.1 Å². The molecule has 2 aromatic heterocycles. The molecule has 2 heterocycles. The molecule has 0 unspecified atom stereocenters. The Morgan fingerprint density at radius 2 is 1.93 bits per heavy atom. The van der Waals surface area contributed by atoms with Crippen LogP contribution in [0.2, 0.25) is 5.02 Å². The summed E-state index contributed by atoms with van der Waals surface area (Å²) in [4.78, 5) is 25.6. The van der Waals surface area contributed by atoms with Gasteiger partial charge in [-0.25, -0.2) is 19.7 Å². The predicted octanol–water partition coefficient (Wildman–Crippen LogP) is 5.27. The summed E-state index contributed by atoms with van der Waals surface area (Å²) in [6.07, 6.45) is -2.97. The summed E-state index contributed by atoms with van der Waals surface area (Å²) in [7, 11) is 1.70. The van der Waals surface area contributed by atoms with Crippen LogP contribution >= 0.6 is 22.9 Å². The van der Waals surface area contributed by atoms with E-state index in [4.69, 9.17) is 11.6 Å². The van der Waals surface area contributed by atoms with Gasteiger partial charge in [0.05, 0.1) is 26.9 Å². The van der Waals surface area contributed by atoms with Crippen molar-refractivity contribution in [1.82, 2.24) is 15.0 Å². The Kier molecular flexibility index (Phi) is 5.89. The van der Waals surface area contributed by atoms with E-state index < -0.39 is 22.8 Å². The molecule has 2 amide bonds. The van der Waals surface area contributed by atoms with Crippen LogP contribution in [0.15, 0.2) is 30.5 Å². The normalized spacial score (nSPS) is 11.2. The van der Waals surface area contributed by atoms with Gasteiger partial charge in [0.25, 0.3) is 0 Å². The number of urea groups is 1. The third-order valence-electron chi connectivity index (χ3n) is 3.66. The van der Waals surface area contributed by atoms with E-state index in [2.05, 4.69) is 30.9 Å². The first-order valence-corrected chi connectivity index (χ1v) is 9.30. The maximum atomic E-state index is 12.8. The van der Waals surface area contributed by atoms with Crippen molar-refractivity contribution >= 4 is 45.7 Å². The minimum atomic E-state index is -4.57. The summed E-state index contributed by atoms with van der Waals surface area (Å²) in [5.41, 5.74) is 0.436. The third-order valence-corrected chi connectivity index (χ3v) is 5.07. The largest absolute Gasteiger partial charge is 0.417 e.